The Morgan fingerprint density at radius 2 is 1.12 bits per heavy atom. The van der Waals surface area contributed by atoms with Crippen LogP contribution in [0, 0.1) is 0 Å². The zero-order chi connectivity index (χ0) is 18.0. The molecule has 0 saturated carbocycles. The van der Waals surface area contributed by atoms with Gasteiger partial charge in [0.25, 0.3) is 11.8 Å². The minimum Gasteiger partial charge on any atom is -0.272 e. The highest BCUT2D eigenvalue weighted by molar-refractivity contribution is 7.80. The first kappa shape index (κ1) is 17.2. The standard InChI is InChI=1S/C18H14F2N2O2S/c19-11-21-15(23)18(13-7-3-1-4-8-13,14-9-5-2-6-10-14)16(24)22(12-20)17(21)25/h1-10H,11-12H2. The van der Waals surface area contributed by atoms with E-state index in [4.69, 9.17) is 12.2 Å². The van der Waals surface area contributed by atoms with E-state index in [2.05, 4.69) is 0 Å². The number of alkyl halides is 2. The predicted octanol–water partition coefficient (Wildman–Crippen LogP) is 2.78. The van der Waals surface area contributed by atoms with Crippen molar-refractivity contribution in [2.45, 2.75) is 5.41 Å². The van der Waals surface area contributed by atoms with E-state index in [-0.39, 0.29) is 0 Å². The van der Waals surface area contributed by atoms with Gasteiger partial charge in [0, 0.05) is 0 Å². The van der Waals surface area contributed by atoms with E-state index < -0.39 is 35.9 Å². The molecule has 0 bridgehead atoms. The van der Waals surface area contributed by atoms with E-state index >= 15 is 0 Å². The molecule has 7 heteroatoms. The number of thiocarbonyl (C=S) groups is 1. The molecule has 0 aromatic heterocycles. The van der Waals surface area contributed by atoms with E-state index in [1.807, 2.05) is 0 Å². The van der Waals surface area contributed by atoms with Gasteiger partial charge in [0.1, 0.15) is 0 Å². The summed E-state index contributed by atoms with van der Waals surface area (Å²) < 4.78 is 27.1. The normalized spacial score (nSPS) is 17.1. The fraction of sp³-hybridized carbons (Fsp3) is 0.167. The van der Waals surface area contributed by atoms with Gasteiger partial charge in [0.2, 0.25) is 0 Å². The molecule has 1 aliphatic heterocycles. The number of carbonyl (C=O) groups excluding carboxylic acids is 2. The van der Waals surface area contributed by atoms with Gasteiger partial charge in [0.05, 0.1) is 0 Å². The molecule has 0 radical (unpaired) electrons. The van der Waals surface area contributed by atoms with Crippen molar-refractivity contribution in [3.05, 3.63) is 71.8 Å². The highest BCUT2D eigenvalue weighted by atomic mass is 32.1. The van der Waals surface area contributed by atoms with Crippen molar-refractivity contribution in [1.82, 2.24) is 9.80 Å². The summed E-state index contributed by atoms with van der Waals surface area (Å²) in [6.07, 6.45) is 0. The van der Waals surface area contributed by atoms with Gasteiger partial charge in [-0.15, -0.1) is 0 Å². The summed E-state index contributed by atoms with van der Waals surface area (Å²) in [5.41, 5.74) is -1.23. The average molecular weight is 360 g/mol. The lowest BCUT2D eigenvalue weighted by atomic mass is 9.71. The van der Waals surface area contributed by atoms with Crippen molar-refractivity contribution in [2.24, 2.45) is 0 Å². The van der Waals surface area contributed by atoms with Gasteiger partial charge in [-0.2, -0.15) is 0 Å². The third kappa shape index (κ3) is 2.42. The Balaban J connectivity index is 2.35. The van der Waals surface area contributed by atoms with Crippen LogP contribution in [0.4, 0.5) is 8.78 Å². The minimum atomic E-state index is -1.89. The monoisotopic (exact) mass is 360 g/mol. The lowest BCUT2D eigenvalue weighted by Gasteiger charge is -2.44. The van der Waals surface area contributed by atoms with Gasteiger partial charge < -0.3 is 0 Å². The molecule has 0 unspecified atom stereocenters. The van der Waals surface area contributed by atoms with Crippen molar-refractivity contribution in [3.63, 3.8) is 0 Å². The van der Waals surface area contributed by atoms with E-state index in [0.29, 0.717) is 20.9 Å². The second-order valence-corrected chi connectivity index (χ2v) is 5.84. The van der Waals surface area contributed by atoms with Gasteiger partial charge >= 0.3 is 0 Å². The molecule has 1 saturated heterocycles. The topological polar surface area (TPSA) is 40.6 Å². The smallest absolute Gasteiger partial charge is 0.255 e. The summed E-state index contributed by atoms with van der Waals surface area (Å²) in [6.45, 7) is -2.49. The molecule has 4 nitrogen and oxygen atoms in total. The Morgan fingerprint density at radius 1 is 0.760 bits per heavy atom. The van der Waals surface area contributed by atoms with E-state index in [0.717, 1.165) is 0 Å². The fourth-order valence-electron chi connectivity index (χ4n) is 3.06. The molecule has 2 aromatic rings. The van der Waals surface area contributed by atoms with Crippen LogP contribution in [0.5, 0.6) is 0 Å². The van der Waals surface area contributed by atoms with E-state index in [1.165, 1.54) is 0 Å². The zero-order valence-electron chi connectivity index (χ0n) is 13.1. The maximum atomic E-state index is 13.5. The van der Waals surface area contributed by atoms with Crippen LogP contribution in [0.1, 0.15) is 11.1 Å². The van der Waals surface area contributed by atoms with Crippen LogP contribution in [0.2, 0.25) is 0 Å². The summed E-state index contributed by atoms with van der Waals surface area (Å²) in [5, 5.41) is -0.470. The first-order chi connectivity index (χ1) is 12.1. The van der Waals surface area contributed by atoms with Crippen molar-refractivity contribution in [2.75, 3.05) is 13.6 Å². The molecular weight excluding hydrogens is 346 g/mol. The molecule has 0 spiro atoms. The van der Waals surface area contributed by atoms with Gasteiger partial charge in [-0.05, 0) is 23.3 Å². The molecule has 128 valence electrons. The molecule has 25 heavy (non-hydrogen) atoms. The summed E-state index contributed by atoms with van der Waals surface area (Å²) >= 11 is 4.93. The number of rotatable bonds is 4. The Bertz CT molecular complexity index is 747. The lowest BCUT2D eigenvalue weighted by molar-refractivity contribution is -0.149. The predicted molar refractivity (Wildman–Crippen MR) is 91.9 cm³/mol. The average Bonchev–Trinajstić information content (AvgIpc) is 2.65. The minimum absolute atomic E-state index is 0.329. The summed E-state index contributed by atoms with van der Waals surface area (Å²) in [4.78, 5) is 27.6. The van der Waals surface area contributed by atoms with Crippen LogP contribution in [-0.4, -0.2) is 40.3 Å². The molecule has 0 atom stereocenters. The maximum absolute atomic E-state index is 13.5. The third-order valence-corrected chi connectivity index (χ3v) is 4.69. The Labute approximate surface area is 148 Å². The van der Waals surface area contributed by atoms with Crippen LogP contribution in [0.25, 0.3) is 0 Å². The number of hydrogen-bond donors (Lipinski definition) is 0. The molecule has 2 aromatic carbocycles. The molecule has 3 rings (SSSR count). The quantitative estimate of drug-likeness (QED) is 0.478. The van der Waals surface area contributed by atoms with Crippen molar-refractivity contribution >= 4 is 29.1 Å². The Hall–Kier alpha value is -2.67. The molecule has 2 amide bonds. The number of carbonyl (C=O) groups is 2. The van der Waals surface area contributed by atoms with Gasteiger partial charge in [-0.1, -0.05) is 60.7 Å². The van der Waals surface area contributed by atoms with Crippen LogP contribution in [0.15, 0.2) is 60.7 Å². The Morgan fingerprint density at radius 3 is 1.44 bits per heavy atom. The van der Waals surface area contributed by atoms with Gasteiger partial charge in [-0.3, -0.25) is 19.4 Å². The van der Waals surface area contributed by atoms with Crippen molar-refractivity contribution in [3.8, 4) is 0 Å². The van der Waals surface area contributed by atoms with Crippen LogP contribution < -0.4 is 0 Å². The second-order valence-electron chi connectivity index (χ2n) is 5.47. The molecule has 1 heterocycles. The maximum Gasteiger partial charge on any atom is 0.255 e. The highest BCUT2D eigenvalue weighted by Crippen LogP contribution is 2.39. The number of halogens is 2. The van der Waals surface area contributed by atoms with Gasteiger partial charge in [0.15, 0.2) is 24.1 Å². The highest BCUT2D eigenvalue weighted by Gasteiger charge is 2.58. The lowest BCUT2D eigenvalue weighted by Crippen LogP contribution is -2.67. The summed E-state index contributed by atoms with van der Waals surface area (Å²) in [7, 11) is 0. The zero-order valence-corrected chi connectivity index (χ0v) is 13.9. The molecular formula is C18H14F2N2O2S. The third-order valence-electron chi connectivity index (χ3n) is 4.25. The number of hydrogen-bond acceptors (Lipinski definition) is 3. The van der Waals surface area contributed by atoms with Crippen LogP contribution in [-0.2, 0) is 15.0 Å². The number of amides is 2. The van der Waals surface area contributed by atoms with E-state index in [9.17, 15) is 18.4 Å². The summed E-state index contributed by atoms with van der Waals surface area (Å²) in [6, 6.07) is 16.4. The molecule has 0 aliphatic carbocycles. The van der Waals surface area contributed by atoms with Crippen LogP contribution in [0.3, 0.4) is 0 Å². The van der Waals surface area contributed by atoms with Crippen molar-refractivity contribution < 1.29 is 18.4 Å². The van der Waals surface area contributed by atoms with E-state index in [1.54, 1.807) is 60.7 Å². The second kappa shape index (κ2) is 6.68. The van der Waals surface area contributed by atoms with Crippen molar-refractivity contribution in [1.29, 1.82) is 0 Å². The van der Waals surface area contributed by atoms with Crippen LogP contribution >= 0.6 is 12.2 Å². The first-order valence-electron chi connectivity index (χ1n) is 7.50. The molecule has 1 aliphatic rings. The SMILES string of the molecule is O=C1N(CF)C(=S)N(CF)C(=O)C1(c1ccccc1)c1ccccc1. The number of nitrogens with zero attached hydrogens (tertiary/aromatic N) is 2. The Kier molecular flexibility index (Phi) is 4.59. The number of benzene rings is 2. The molecule has 1 fully saturated rings. The summed E-state index contributed by atoms with van der Waals surface area (Å²) in [5.74, 6) is -1.65. The molecule has 0 N–H and O–H groups in total. The first-order valence-corrected chi connectivity index (χ1v) is 7.90. The fourth-order valence-corrected chi connectivity index (χ4v) is 3.33. The van der Waals surface area contributed by atoms with Gasteiger partial charge in [-0.25, -0.2) is 8.78 Å². The largest absolute Gasteiger partial charge is 0.272 e.